The Kier molecular flexibility index (Phi) is 8.16. The third-order valence-corrected chi connectivity index (χ3v) is 8.83. The van der Waals surface area contributed by atoms with Crippen LogP contribution in [-0.4, -0.2) is 76.1 Å². The second-order valence-electron chi connectivity index (χ2n) is 11.4. The van der Waals surface area contributed by atoms with Crippen LogP contribution in [0.2, 0.25) is 0 Å². The molecule has 0 saturated carbocycles. The number of carbonyl (C=O) groups is 3. The second kappa shape index (κ2) is 11.6. The lowest BCUT2D eigenvalue weighted by Crippen LogP contribution is -2.58. The smallest absolute Gasteiger partial charge is 0.248 e. The zero-order valence-electron chi connectivity index (χ0n) is 23.8. The lowest BCUT2D eigenvalue weighted by molar-refractivity contribution is -0.152. The van der Waals surface area contributed by atoms with E-state index in [-0.39, 0.29) is 36.9 Å². The maximum atomic E-state index is 14.6. The zero-order chi connectivity index (χ0) is 29.3. The van der Waals surface area contributed by atoms with Gasteiger partial charge < -0.3 is 24.5 Å². The van der Waals surface area contributed by atoms with E-state index >= 15 is 0 Å². The number of ether oxygens (including phenoxy) is 1. The first-order chi connectivity index (χ1) is 19.8. The molecule has 2 aromatic rings. The van der Waals surface area contributed by atoms with Gasteiger partial charge in [-0.2, -0.15) is 0 Å². The van der Waals surface area contributed by atoms with Crippen LogP contribution in [0.5, 0.6) is 0 Å². The zero-order valence-corrected chi connectivity index (χ0v) is 23.8. The van der Waals surface area contributed by atoms with Crippen molar-refractivity contribution in [2.75, 3.05) is 24.6 Å². The van der Waals surface area contributed by atoms with Crippen LogP contribution in [-0.2, 0) is 19.1 Å². The molecule has 1 spiro atoms. The number of hydrogen-bond donors (Lipinski definition) is 1. The van der Waals surface area contributed by atoms with Crippen LogP contribution < -0.4 is 4.90 Å². The molecule has 3 heterocycles. The molecular formula is C33H39N3O5. The van der Waals surface area contributed by atoms with Crippen molar-refractivity contribution in [2.24, 2.45) is 11.8 Å². The summed E-state index contributed by atoms with van der Waals surface area (Å²) in [6.07, 6.45) is 3.89. The number of anilines is 1. The topological polar surface area (TPSA) is 90.4 Å². The number of amides is 3. The molecule has 5 rings (SSSR count). The van der Waals surface area contributed by atoms with Crippen molar-refractivity contribution in [3.8, 4) is 0 Å². The van der Waals surface area contributed by atoms with Gasteiger partial charge in [0.1, 0.15) is 11.6 Å². The Morgan fingerprint density at radius 1 is 1.05 bits per heavy atom. The van der Waals surface area contributed by atoms with E-state index in [9.17, 15) is 19.5 Å². The van der Waals surface area contributed by atoms with Crippen LogP contribution in [0.25, 0.3) is 0 Å². The van der Waals surface area contributed by atoms with E-state index in [0.717, 1.165) is 0 Å². The number of aliphatic hydroxyl groups excluding tert-OH is 1. The van der Waals surface area contributed by atoms with E-state index < -0.39 is 35.6 Å². The van der Waals surface area contributed by atoms with Crippen molar-refractivity contribution in [1.82, 2.24) is 9.80 Å². The maximum Gasteiger partial charge on any atom is 0.248 e. The summed E-state index contributed by atoms with van der Waals surface area (Å²) >= 11 is 0. The number of hydrogen-bond acceptors (Lipinski definition) is 5. The van der Waals surface area contributed by atoms with Crippen LogP contribution in [0.15, 0.2) is 86.0 Å². The number of para-hydroxylation sites is 1. The van der Waals surface area contributed by atoms with Crippen LogP contribution >= 0.6 is 0 Å². The van der Waals surface area contributed by atoms with E-state index in [2.05, 4.69) is 13.2 Å². The molecule has 2 aromatic carbocycles. The van der Waals surface area contributed by atoms with E-state index in [0.29, 0.717) is 30.6 Å². The average molecular weight is 558 g/mol. The third-order valence-electron chi connectivity index (χ3n) is 8.83. The van der Waals surface area contributed by atoms with Crippen molar-refractivity contribution < 1.29 is 24.2 Å². The molecule has 0 aromatic heterocycles. The van der Waals surface area contributed by atoms with Gasteiger partial charge in [0.2, 0.25) is 17.7 Å². The maximum absolute atomic E-state index is 14.6. The van der Waals surface area contributed by atoms with Gasteiger partial charge in [0.05, 0.1) is 30.6 Å². The molecule has 3 fully saturated rings. The van der Waals surface area contributed by atoms with E-state index in [1.54, 1.807) is 22.0 Å². The van der Waals surface area contributed by atoms with Gasteiger partial charge in [-0.3, -0.25) is 14.4 Å². The van der Waals surface area contributed by atoms with Crippen molar-refractivity contribution in [3.63, 3.8) is 0 Å². The van der Waals surface area contributed by atoms with Crippen LogP contribution in [0, 0.1) is 11.8 Å². The van der Waals surface area contributed by atoms with Gasteiger partial charge in [-0.1, -0.05) is 60.7 Å². The average Bonchev–Trinajstić information content (AvgIpc) is 3.63. The van der Waals surface area contributed by atoms with E-state index in [1.807, 2.05) is 74.5 Å². The highest BCUT2D eigenvalue weighted by Gasteiger charge is 2.75. The summed E-state index contributed by atoms with van der Waals surface area (Å²) in [5, 5.41) is 10.7. The summed E-state index contributed by atoms with van der Waals surface area (Å²) < 4.78 is 6.66. The SMILES string of the molecule is C=CCN(C(=O)[C@@H]1[C@@H]2CCC3(O2)C(C(=O)N(CC=C)C(C)C)N([C@H](CO)c2ccccc2)C(=O)[C@H]13)c1ccccc1. The molecule has 3 aliphatic rings. The number of likely N-dealkylation sites (tertiary alicyclic amines) is 1. The first kappa shape index (κ1) is 28.8. The molecule has 0 radical (unpaired) electrons. The summed E-state index contributed by atoms with van der Waals surface area (Å²) in [7, 11) is 0. The van der Waals surface area contributed by atoms with Crippen molar-refractivity contribution >= 4 is 23.4 Å². The number of nitrogens with zero attached hydrogens (tertiary/aromatic N) is 3. The van der Waals surface area contributed by atoms with Gasteiger partial charge in [0.15, 0.2) is 0 Å². The molecular weight excluding hydrogens is 518 g/mol. The monoisotopic (exact) mass is 557 g/mol. The quantitative estimate of drug-likeness (QED) is 0.425. The van der Waals surface area contributed by atoms with Gasteiger partial charge in [-0.15, -0.1) is 13.2 Å². The van der Waals surface area contributed by atoms with Gasteiger partial charge in [0.25, 0.3) is 0 Å². The van der Waals surface area contributed by atoms with Gasteiger partial charge in [-0.25, -0.2) is 0 Å². The standard InChI is InChI=1S/C33H39N3O5/c1-5-19-34(22(3)4)32(40)29-33-18-17-26(41-33)27(30(38)35(20-6-2)24-15-11-8-12-16-24)28(33)31(39)36(29)25(21-37)23-13-9-7-10-14-23/h5-16,22,25-29,37H,1-2,17-21H2,3-4H3/t25-,26+,27-,28+,29?,33?/m1/s1. The fourth-order valence-corrected chi connectivity index (χ4v) is 7.11. The Hall–Kier alpha value is -3.75. The molecule has 1 N–H and O–H groups in total. The summed E-state index contributed by atoms with van der Waals surface area (Å²) in [5.74, 6) is -2.43. The minimum atomic E-state index is -1.17. The van der Waals surface area contributed by atoms with Gasteiger partial charge in [-0.05, 0) is 44.4 Å². The van der Waals surface area contributed by atoms with Crippen LogP contribution in [0.4, 0.5) is 5.69 Å². The van der Waals surface area contributed by atoms with E-state index in [4.69, 9.17) is 4.74 Å². The lowest BCUT2D eigenvalue weighted by atomic mass is 9.70. The molecule has 41 heavy (non-hydrogen) atoms. The Morgan fingerprint density at radius 2 is 1.68 bits per heavy atom. The van der Waals surface area contributed by atoms with Crippen molar-refractivity contribution in [2.45, 2.75) is 56.5 Å². The van der Waals surface area contributed by atoms with Crippen molar-refractivity contribution in [1.29, 1.82) is 0 Å². The normalized spacial score (nSPS) is 27.0. The summed E-state index contributed by atoms with van der Waals surface area (Å²) in [6.45, 7) is 11.7. The predicted molar refractivity (Wildman–Crippen MR) is 157 cm³/mol. The lowest BCUT2D eigenvalue weighted by Gasteiger charge is -2.40. The Bertz CT molecular complexity index is 1300. The van der Waals surface area contributed by atoms with E-state index in [1.165, 1.54) is 4.90 Å². The molecule has 216 valence electrons. The Balaban J connectivity index is 1.62. The first-order valence-corrected chi connectivity index (χ1v) is 14.3. The largest absolute Gasteiger partial charge is 0.394 e. The molecule has 2 bridgehead atoms. The molecule has 0 aliphatic carbocycles. The number of benzene rings is 2. The highest BCUT2D eigenvalue weighted by atomic mass is 16.5. The molecule has 3 saturated heterocycles. The number of aliphatic hydroxyl groups is 1. The summed E-state index contributed by atoms with van der Waals surface area (Å²) in [4.78, 5) is 48.2. The second-order valence-corrected chi connectivity index (χ2v) is 11.4. The number of fused-ring (bicyclic) bond motifs is 1. The molecule has 3 aliphatic heterocycles. The van der Waals surface area contributed by atoms with Gasteiger partial charge in [0, 0.05) is 24.8 Å². The first-order valence-electron chi connectivity index (χ1n) is 14.3. The fraction of sp³-hybridized carbons (Fsp3) is 0.424. The van der Waals surface area contributed by atoms with Crippen LogP contribution in [0.1, 0.15) is 38.3 Å². The fourth-order valence-electron chi connectivity index (χ4n) is 7.11. The minimum Gasteiger partial charge on any atom is -0.394 e. The highest BCUT2D eigenvalue weighted by Crippen LogP contribution is 2.60. The minimum absolute atomic E-state index is 0.158. The Morgan fingerprint density at radius 3 is 2.27 bits per heavy atom. The molecule has 3 amide bonds. The predicted octanol–water partition coefficient (Wildman–Crippen LogP) is 3.74. The Labute approximate surface area is 241 Å². The summed E-state index contributed by atoms with van der Waals surface area (Å²) in [5.41, 5.74) is 0.248. The molecule has 8 nitrogen and oxygen atoms in total. The summed E-state index contributed by atoms with van der Waals surface area (Å²) in [6, 6.07) is 16.6. The number of rotatable bonds is 11. The highest BCUT2D eigenvalue weighted by molar-refractivity contribution is 6.03. The van der Waals surface area contributed by atoms with Crippen molar-refractivity contribution in [3.05, 3.63) is 91.5 Å². The molecule has 2 unspecified atom stereocenters. The third kappa shape index (κ3) is 4.69. The van der Waals surface area contributed by atoms with Gasteiger partial charge >= 0.3 is 0 Å². The molecule has 8 heteroatoms. The van der Waals surface area contributed by atoms with Crippen LogP contribution in [0.3, 0.4) is 0 Å². The number of carbonyl (C=O) groups excluding carboxylic acids is 3. The molecule has 6 atom stereocenters.